The van der Waals surface area contributed by atoms with Gasteiger partial charge in [-0.15, -0.1) is 0 Å². The number of pyridine rings is 1. The van der Waals surface area contributed by atoms with Crippen LogP contribution in [0, 0.1) is 20.8 Å². The van der Waals surface area contributed by atoms with Crippen LogP contribution in [0.25, 0.3) is 0 Å². The van der Waals surface area contributed by atoms with Gasteiger partial charge in [0, 0.05) is 18.3 Å². The Morgan fingerprint density at radius 1 is 1.11 bits per heavy atom. The Morgan fingerprint density at radius 2 is 1.89 bits per heavy atom. The standard InChI is InChI=1S/C23H28N2O3/c1-16-12-18(3)20(13-17(16)2)22(26)15-28-23(27)21-9-5-7-11-25(21)14-19-8-4-6-10-24-19/h4,6,8,10,12-13,21H,5,7,9,11,14-15H2,1-3H3/t21-/m0/s1. The number of carbonyl (C=O) groups excluding carboxylic acids is 2. The number of piperidine rings is 1. The first-order chi connectivity index (χ1) is 13.5. The molecule has 1 saturated heterocycles. The number of benzene rings is 1. The second kappa shape index (κ2) is 9.11. The number of ether oxygens (including phenoxy) is 1. The zero-order valence-corrected chi connectivity index (χ0v) is 16.9. The molecular formula is C23H28N2O3. The van der Waals surface area contributed by atoms with Gasteiger partial charge in [-0.05, 0) is 75.0 Å². The lowest BCUT2D eigenvalue weighted by atomic mass is 9.98. The molecule has 0 N–H and O–H groups in total. The number of Topliss-reactive ketones (excluding diaryl/α,β-unsaturated/α-hetero) is 1. The first kappa shape index (κ1) is 20.2. The van der Waals surface area contributed by atoms with Crippen LogP contribution in [0.5, 0.6) is 0 Å². The van der Waals surface area contributed by atoms with Crippen LogP contribution in [0.2, 0.25) is 0 Å². The molecule has 0 spiro atoms. The fourth-order valence-corrected chi connectivity index (χ4v) is 3.72. The van der Waals surface area contributed by atoms with E-state index in [4.69, 9.17) is 4.74 Å². The van der Waals surface area contributed by atoms with Crippen LogP contribution in [-0.2, 0) is 16.1 Å². The highest BCUT2D eigenvalue weighted by molar-refractivity contribution is 5.99. The molecule has 2 heterocycles. The van der Waals surface area contributed by atoms with Gasteiger partial charge < -0.3 is 4.74 Å². The predicted molar refractivity (Wildman–Crippen MR) is 108 cm³/mol. The van der Waals surface area contributed by atoms with Crippen molar-refractivity contribution in [1.82, 2.24) is 9.88 Å². The first-order valence-electron chi connectivity index (χ1n) is 9.87. The molecule has 28 heavy (non-hydrogen) atoms. The van der Waals surface area contributed by atoms with Crippen LogP contribution in [0.1, 0.15) is 52.0 Å². The maximum Gasteiger partial charge on any atom is 0.323 e. The summed E-state index contributed by atoms with van der Waals surface area (Å²) in [4.78, 5) is 31.8. The molecule has 0 aliphatic carbocycles. The van der Waals surface area contributed by atoms with E-state index in [1.54, 1.807) is 6.20 Å². The topological polar surface area (TPSA) is 59.5 Å². The molecule has 0 amide bonds. The van der Waals surface area contributed by atoms with Gasteiger partial charge in [-0.2, -0.15) is 0 Å². The molecule has 1 aromatic carbocycles. The van der Waals surface area contributed by atoms with Crippen molar-refractivity contribution < 1.29 is 14.3 Å². The van der Waals surface area contributed by atoms with Gasteiger partial charge in [-0.3, -0.25) is 19.5 Å². The number of likely N-dealkylation sites (tertiary alicyclic amines) is 1. The number of rotatable bonds is 6. The maximum atomic E-state index is 12.7. The Labute approximate surface area is 166 Å². The Bertz CT molecular complexity index is 848. The Kier molecular flexibility index (Phi) is 6.57. The molecule has 5 nitrogen and oxygen atoms in total. The third-order valence-corrected chi connectivity index (χ3v) is 5.46. The Balaban J connectivity index is 1.62. The number of aryl methyl sites for hydroxylation is 3. The number of esters is 1. The van der Waals surface area contributed by atoms with E-state index in [0.29, 0.717) is 12.1 Å². The smallest absolute Gasteiger partial charge is 0.323 e. The van der Waals surface area contributed by atoms with E-state index in [9.17, 15) is 9.59 Å². The zero-order valence-electron chi connectivity index (χ0n) is 16.9. The minimum Gasteiger partial charge on any atom is -0.456 e. The number of hydrogen-bond donors (Lipinski definition) is 0. The number of carbonyl (C=O) groups is 2. The van der Waals surface area contributed by atoms with E-state index < -0.39 is 0 Å². The summed E-state index contributed by atoms with van der Waals surface area (Å²) < 4.78 is 5.44. The van der Waals surface area contributed by atoms with E-state index in [1.807, 2.05) is 51.1 Å². The summed E-state index contributed by atoms with van der Waals surface area (Å²) >= 11 is 0. The maximum absolute atomic E-state index is 12.7. The second-order valence-corrected chi connectivity index (χ2v) is 7.59. The van der Waals surface area contributed by atoms with Crippen LogP contribution in [0.15, 0.2) is 36.5 Å². The molecule has 0 bridgehead atoms. The molecule has 0 saturated carbocycles. The minimum atomic E-state index is -0.315. The number of hydrogen-bond acceptors (Lipinski definition) is 5. The number of nitrogens with zero attached hydrogens (tertiary/aromatic N) is 2. The Hall–Kier alpha value is -2.53. The third-order valence-electron chi connectivity index (χ3n) is 5.46. The fourth-order valence-electron chi connectivity index (χ4n) is 3.72. The minimum absolute atomic E-state index is 0.152. The van der Waals surface area contributed by atoms with Crippen molar-refractivity contribution in [3.05, 3.63) is 64.5 Å². The zero-order chi connectivity index (χ0) is 20.1. The molecule has 1 aliphatic rings. The van der Waals surface area contributed by atoms with Gasteiger partial charge in [-0.1, -0.05) is 18.6 Å². The molecule has 5 heteroatoms. The third kappa shape index (κ3) is 4.84. The van der Waals surface area contributed by atoms with Crippen LogP contribution >= 0.6 is 0 Å². The van der Waals surface area contributed by atoms with E-state index >= 15 is 0 Å². The van der Waals surface area contributed by atoms with Crippen LogP contribution in [0.3, 0.4) is 0 Å². The molecule has 3 rings (SSSR count). The molecule has 1 atom stereocenters. The Morgan fingerprint density at radius 3 is 2.64 bits per heavy atom. The normalized spacial score (nSPS) is 17.3. The van der Waals surface area contributed by atoms with Crippen molar-refractivity contribution in [1.29, 1.82) is 0 Å². The first-order valence-corrected chi connectivity index (χ1v) is 9.87. The molecule has 2 aromatic rings. The summed E-state index contributed by atoms with van der Waals surface area (Å²) in [7, 11) is 0. The van der Waals surface area contributed by atoms with E-state index in [-0.39, 0.29) is 24.4 Å². The highest BCUT2D eigenvalue weighted by Crippen LogP contribution is 2.21. The summed E-state index contributed by atoms with van der Waals surface area (Å²) in [5.74, 6) is -0.466. The SMILES string of the molecule is Cc1cc(C)c(C(=O)COC(=O)[C@@H]2CCCCN2Cc2ccccn2)cc1C. The highest BCUT2D eigenvalue weighted by atomic mass is 16.5. The summed E-state index contributed by atoms with van der Waals surface area (Å²) in [6, 6.07) is 9.36. The largest absolute Gasteiger partial charge is 0.456 e. The molecule has 0 radical (unpaired) electrons. The quantitative estimate of drug-likeness (QED) is 0.564. The summed E-state index contributed by atoms with van der Waals surface area (Å²) in [6.45, 7) is 7.16. The van der Waals surface area contributed by atoms with Gasteiger partial charge in [0.1, 0.15) is 6.04 Å². The number of ketones is 1. The van der Waals surface area contributed by atoms with Gasteiger partial charge >= 0.3 is 5.97 Å². The number of aromatic nitrogens is 1. The monoisotopic (exact) mass is 380 g/mol. The van der Waals surface area contributed by atoms with E-state index in [2.05, 4.69) is 9.88 Å². The van der Waals surface area contributed by atoms with Crippen molar-refractivity contribution in [2.45, 2.75) is 52.6 Å². The van der Waals surface area contributed by atoms with E-state index in [0.717, 1.165) is 48.2 Å². The molecule has 148 valence electrons. The molecule has 1 aromatic heterocycles. The lowest BCUT2D eigenvalue weighted by molar-refractivity contribution is -0.150. The van der Waals surface area contributed by atoms with Gasteiger partial charge in [0.2, 0.25) is 5.78 Å². The van der Waals surface area contributed by atoms with Crippen molar-refractivity contribution in [2.75, 3.05) is 13.2 Å². The van der Waals surface area contributed by atoms with Gasteiger partial charge in [-0.25, -0.2) is 0 Å². The molecule has 1 fully saturated rings. The van der Waals surface area contributed by atoms with Crippen molar-refractivity contribution in [3.8, 4) is 0 Å². The molecule has 0 unspecified atom stereocenters. The average Bonchev–Trinajstić information content (AvgIpc) is 2.70. The van der Waals surface area contributed by atoms with Crippen LogP contribution in [-0.4, -0.2) is 40.8 Å². The fraction of sp³-hybridized carbons (Fsp3) is 0.435. The average molecular weight is 380 g/mol. The van der Waals surface area contributed by atoms with Crippen molar-refractivity contribution in [2.24, 2.45) is 0 Å². The summed E-state index contributed by atoms with van der Waals surface area (Å²) in [6.07, 6.45) is 4.56. The summed E-state index contributed by atoms with van der Waals surface area (Å²) in [5, 5.41) is 0. The van der Waals surface area contributed by atoms with Crippen molar-refractivity contribution in [3.63, 3.8) is 0 Å². The summed E-state index contributed by atoms with van der Waals surface area (Å²) in [5.41, 5.74) is 4.69. The molecule has 1 aliphatic heterocycles. The van der Waals surface area contributed by atoms with E-state index in [1.165, 1.54) is 0 Å². The van der Waals surface area contributed by atoms with Crippen LogP contribution < -0.4 is 0 Å². The van der Waals surface area contributed by atoms with Crippen LogP contribution in [0.4, 0.5) is 0 Å². The second-order valence-electron chi connectivity index (χ2n) is 7.59. The molecular weight excluding hydrogens is 352 g/mol. The van der Waals surface area contributed by atoms with Gasteiger partial charge in [0.15, 0.2) is 6.61 Å². The highest BCUT2D eigenvalue weighted by Gasteiger charge is 2.30. The predicted octanol–water partition coefficient (Wildman–Crippen LogP) is 3.79. The van der Waals surface area contributed by atoms with Gasteiger partial charge in [0.25, 0.3) is 0 Å². The lowest BCUT2D eigenvalue weighted by Crippen LogP contribution is -2.45. The van der Waals surface area contributed by atoms with Crippen molar-refractivity contribution >= 4 is 11.8 Å². The lowest BCUT2D eigenvalue weighted by Gasteiger charge is -2.33. The van der Waals surface area contributed by atoms with Gasteiger partial charge in [0.05, 0.1) is 5.69 Å².